The van der Waals surface area contributed by atoms with Crippen LogP contribution in [-0.2, 0) is 4.74 Å². The minimum absolute atomic E-state index is 0.152. The zero-order chi connectivity index (χ0) is 13.4. The minimum Gasteiger partial charge on any atom is -0.394 e. The first kappa shape index (κ1) is 14.7. The third-order valence-corrected chi connectivity index (χ3v) is 2.34. The van der Waals surface area contributed by atoms with Gasteiger partial charge in [0.1, 0.15) is 5.82 Å². The maximum atomic E-state index is 13.1. The molecule has 1 rings (SSSR count). The van der Waals surface area contributed by atoms with Crippen molar-refractivity contribution < 1.29 is 19.3 Å². The number of ether oxygens (including phenoxy) is 1. The highest BCUT2D eigenvalue weighted by Crippen LogP contribution is 2.22. The van der Waals surface area contributed by atoms with Crippen LogP contribution in [0, 0.1) is 5.82 Å². The Morgan fingerprint density at radius 3 is 2.78 bits per heavy atom. The number of hydrogen-bond acceptors (Lipinski definition) is 5. The fourth-order valence-electron chi connectivity index (χ4n) is 1.40. The molecule has 102 valence electrons. The second kappa shape index (κ2) is 7.86. The van der Waals surface area contributed by atoms with E-state index < -0.39 is 6.10 Å². The van der Waals surface area contributed by atoms with Crippen LogP contribution < -0.4 is 10.6 Å². The van der Waals surface area contributed by atoms with Crippen LogP contribution in [0.2, 0.25) is 0 Å². The molecule has 1 aromatic carbocycles. The Morgan fingerprint density at radius 2 is 2.11 bits per heavy atom. The van der Waals surface area contributed by atoms with E-state index in [4.69, 9.17) is 9.84 Å². The normalized spacial score (nSPS) is 12.2. The molecule has 0 saturated heterocycles. The van der Waals surface area contributed by atoms with Gasteiger partial charge in [-0.2, -0.15) is 0 Å². The molecule has 6 heteroatoms. The molecule has 0 amide bonds. The number of anilines is 2. The van der Waals surface area contributed by atoms with E-state index in [9.17, 15) is 9.50 Å². The quantitative estimate of drug-likeness (QED) is 0.515. The molecular formula is C12H19FN2O3. The second-order valence-electron chi connectivity index (χ2n) is 3.83. The number of aliphatic hydroxyl groups is 2. The van der Waals surface area contributed by atoms with E-state index in [0.29, 0.717) is 18.8 Å². The van der Waals surface area contributed by atoms with Gasteiger partial charge in [-0.1, -0.05) is 0 Å². The van der Waals surface area contributed by atoms with Gasteiger partial charge >= 0.3 is 0 Å². The number of benzene rings is 1. The summed E-state index contributed by atoms with van der Waals surface area (Å²) in [5.41, 5.74) is 1.26. The highest BCUT2D eigenvalue weighted by atomic mass is 19.1. The molecule has 0 bridgehead atoms. The summed E-state index contributed by atoms with van der Waals surface area (Å²) in [6.45, 7) is 0.948. The highest BCUT2D eigenvalue weighted by molar-refractivity contribution is 5.68. The molecular weight excluding hydrogens is 239 g/mol. The van der Waals surface area contributed by atoms with Crippen molar-refractivity contribution in [2.75, 3.05) is 44.0 Å². The van der Waals surface area contributed by atoms with Crippen LogP contribution in [0.1, 0.15) is 0 Å². The van der Waals surface area contributed by atoms with Gasteiger partial charge in [0.05, 0.1) is 30.7 Å². The molecule has 1 unspecified atom stereocenters. The molecule has 4 N–H and O–H groups in total. The topological polar surface area (TPSA) is 73.8 Å². The lowest BCUT2D eigenvalue weighted by Gasteiger charge is -2.15. The second-order valence-corrected chi connectivity index (χ2v) is 3.83. The average molecular weight is 258 g/mol. The first-order chi connectivity index (χ1) is 8.67. The minimum atomic E-state index is -0.875. The predicted molar refractivity (Wildman–Crippen MR) is 68.3 cm³/mol. The third kappa shape index (κ3) is 4.87. The first-order valence-corrected chi connectivity index (χ1v) is 5.72. The first-order valence-electron chi connectivity index (χ1n) is 5.72. The van der Waals surface area contributed by atoms with Gasteiger partial charge < -0.3 is 25.6 Å². The number of aliphatic hydroxyl groups excluding tert-OH is 2. The molecule has 0 radical (unpaired) electrons. The Bertz CT molecular complexity index is 363. The van der Waals surface area contributed by atoms with Crippen LogP contribution >= 0.6 is 0 Å². The van der Waals surface area contributed by atoms with Crippen LogP contribution in [0.4, 0.5) is 15.8 Å². The van der Waals surface area contributed by atoms with E-state index in [-0.39, 0.29) is 19.0 Å². The van der Waals surface area contributed by atoms with E-state index >= 15 is 0 Å². The predicted octanol–water partition coefficient (Wildman–Crippen LogP) is 0.649. The van der Waals surface area contributed by atoms with Crippen molar-refractivity contribution in [3.8, 4) is 0 Å². The summed E-state index contributed by atoms with van der Waals surface area (Å²) in [7, 11) is 1.60. The number of hydrogen-bond donors (Lipinski definition) is 4. The molecule has 5 nitrogen and oxygen atoms in total. The summed E-state index contributed by atoms with van der Waals surface area (Å²) in [6, 6.07) is 4.29. The van der Waals surface area contributed by atoms with Crippen molar-refractivity contribution >= 4 is 11.4 Å². The van der Waals surface area contributed by atoms with Crippen molar-refractivity contribution in [2.24, 2.45) is 0 Å². The van der Waals surface area contributed by atoms with Crippen molar-refractivity contribution in [1.29, 1.82) is 0 Å². The standard InChI is InChI=1S/C12H19FN2O3/c1-18-5-4-14-11-3-2-9(13)6-12(11)15-7-10(17)8-16/h2-3,6,10,14-17H,4-5,7-8H2,1H3. The summed E-state index contributed by atoms with van der Waals surface area (Å²) in [5.74, 6) is -0.367. The van der Waals surface area contributed by atoms with Gasteiger partial charge in [-0.05, 0) is 18.2 Å². The molecule has 1 aromatic rings. The van der Waals surface area contributed by atoms with Crippen molar-refractivity contribution in [1.82, 2.24) is 0 Å². The SMILES string of the molecule is COCCNc1ccc(F)cc1NCC(O)CO. The number of methoxy groups -OCH3 is 1. The Balaban J connectivity index is 2.64. The Morgan fingerprint density at radius 1 is 1.33 bits per heavy atom. The molecule has 1 atom stereocenters. The van der Waals surface area contributed by atoms with Gasteiger partial charge in [0.25, 0.3) is 0 Å². The summed E-state index contributed by atoms with van der Waals surface area (Å²) in [4.78, 5) is 0. The summed E-state index contributed by atoms with van der Waals surface area (Å²) < 4.78 is 18.1. The van der Waals surface area contributed by atoms with Crippen LogP contribution in [0.25, 0.3) is 0 Å². The molecule has 0 heterocycles. The van der Waals surface area contributed by atoms with Crippen molar-refractivity contribution in [3.05, 3.63) is 24.0 Å². The maximum Gasteiger partial charge on any atom is 0.125 e. The van der Waals surface area contributed by atoms with Gasteiger partial charge in [0.15, 0.2) is 0 Å². The van der Waals surface area contributed by atoms with Gasteiger partial charge in [-0.3, -0.25) is 0 Å². The largest absolute Gasteiger partial charge is 0.394 e. The molecule has 0 aromatic heterocycles. The number of rotatable bonds is 8. The van der Waals surface area contributed by atoms with Crippen LogP contribution in [0.5, 0.6) is 0 Å². The van der Waals surface area contributed by atoms with Gasteiger partial charge in [-0.15, -0.1) is 0 Å². The fourth-order valence-corrected chi connectivity index (χ4v) is 1.40. The van der Waals surface area contributed by atoms with Crippen molar-refractivity contribution in [3.63, 3.8) is 0 Å². The van der Waals surface area contributed by atoms with Crippen LogP contribution in [0.3, 0.4) is 0 Å². The Kier molecular flexibility index (Phi) is 6.42. The zero-order valence-electron chi connectivity index (χ0n) is 10.3. The molecule has 0 aliphatic carbocycles. The third-order valence-electron chi connectivity index (χ3n) is 2.34. The lowest BCUT2D eigenvalue weighted by atomic mass is 10.2. The number of halogens is 1. The molecule has 0 spiro atoms. The zero-order valence-corrected chi connectivity index (χ0v) is 10.3. The Hall–Kier alpha value is -1.37. The summed E-state index contributed by atoms with van der Waals surface area (Å²) in [6.07, 6.45) is -0.875. The average Bonchev–Trinajstić information content (AvgIpc) is 2.38. The van der Waals surface area contributed by atoms with E-state index in [1.165, 1.54) is 12.1 Å². The lowest BCUT2D eigenvalue weighted by molar-refractivity contribution is 0.105. The summed E-state index contributed by atoms with van der Waals surface area (Å²) >= 11 is 0. The van der Waals surface area contributed by atoms with Gasteiger partial charge in [-0.25, -0.2) is 4.39 Å². The molecule has 0 aliphatic heterocycles. The van der Waals surface area contributed by atoms with Crippen LogP contribution in [-0.4, -0.2) is 49.7 Å². The fraction of sp³-hybridized carbons (Fsp3) is 0.500. The van der Waals surface area contributed by atoms with E-state index in [1.807, 2.05) is 0 Å². The summed E-state index contributed by atoms with van der Waals surface area (Å²) in [5, 5.41) is 23.9. The highest BCUT2D eigenvalue weighted by Gasteiger charge is 2.06. The lowest BCUT2D eigenvalue weighted by Crippen LogP contribution is -2.23. The van der Waals surface area contributed by atoms with Crippen molar-refractivity contribution in [2.45, 2.75) is 6.10 Å². The molecule has 0 saturated carbocycles. The van der Waals surface area contributed by atoms with Gasteiger partial charge in [0, 0.05) is 20.2 Å². The van der Waals surface area contributed by atoms with Gasteiger partial charge in [0.2, 0.25) is 0 Å². The molecule has 18 heavy (non-hydrogen) atoms. The van der Waals surface area contributed by atoms with Crippen LogP contribution in [0.15, 0.2) is 18.2 Å². The smallest absolute Gasteiger partial charge is 0.125 e. The number of nitrogens with one attached hydrogen (secondary N) is 2. The molecule has 0 aliphatic rings. The van der Waals surface area contributed by atoms with E-state index in [0.717, 1.165) is 5.69 Å². The molecule has 0 fully saturated rings. The van der Waals surface area contributed by atoms with E-state index in [2.05, 4.69) is 10.6 Å². The van der Waals surface area contributed by atoms with E-state index in [1.54, 1.807) is 13.2 Å². The Labute approximate surface area is 106 Å². The monoisotopic (exact) mass is 258 g/mol. The maximum absolute atomic E-state index is 13.1.